The number of ketones is 1. The Morgan fingerprint density at radius 3 is 2.59 bits per heavy atom. The number of methoxy groups -OCH3 is 1. The van der Waals surface area contributed by atoms with Gasteiger partial charge in [0.2, 0.25) is 0 Å². The zero-order valence-corrected chi connectivity index (χ0v) is 16.7. The summed E-state index contributed by atoms with van der Waals surface area (Å²) in [6, 6.07) is 0. The molecule has 0 aromatic rings. The molecule has 0 heterocycles. The van der Waals surface area contributed by atoms with Gasteiger partial charge in [0, 0.05) is 11.1 Å². The number of carbonyl (C=O) groups excluding carboxylic acids is 3. The van der Waals surface area contributed by atoms with Crippen molar-refractivity contribution in [1.29, 1.82) is 0 Å². The van der Waals surface area contributed by atoms with Crippen molar-refractivity contribution in [3.05, 3.63) is 47.6 Å². The third-order valence-corrected chi connectivity index (χ3v) is 5.62. The van der Waals surface area contributed by atoms with Crippen molar-refractivity contribution >= 4 is 17.7 Å². The lowest BCUT2D eigenvalue weighted by molar-refractivity contribution is -0.150. The molecule has 0 radical (unpaired) electrons. The van der Waals surface area contributed by atoms with Gasteiger partial charge in [-0.25, -0.2) is 4.79 Å². The van der Waals surface area contributed by atoms with E-state index in [1.54, 1.807) is 25.2 Å². The van der Waals surface area contributed by atoms with Crippen LogP contribution < -0.4 is 0 Å². The fraction of sp³-hybridized carbons (Fsp3) is 0.500. The number of Topliss-reactive ketones (excluding diaryl/α,β-unsaturated/α-hetero) is 1. The predicted octanol–water partition coefficient (Wildman–Crippen LogP) is 3.71. The maximum atomic E-state index is 12.7. The van der Waals surface area contributed by atoms with Gasteiger partial charge in [-0.2, -0.15) is 0 Å². The van der Waals surface area contributed by atoms with Crippen LogP contribution in [0, 0.1) is 17.3 Å². The first kappa shape index (κ1) is 20.9. The summed E-state index contributed by atoms with van der Waals surface area (Å²) in [5.41, 5.74) is 1.72. The van der Waals surface area contributed by atoms with E-state index in [9.17, 15) is 14.4 Å². The number of hydrogen-bond acceptors (Lipinski definition) is 5. The molecule has 1 fully saturated rings. The lowest BCUT2D eigenvalue weighted by Crippen LogP contribution is -2.20. The quantitative estimate of drug-likeness (QED) is 0.387. The highest BCUT2D eigenvalue weighted by Crippen LogP contribution is 2.60. The minimum atomic E-state index is -0.500. The van der Waals surface area contributed by atoms with Crippen LogP contribution in [-0.4, -0.2) is 30.9 Å². The molecular weight excluding hydrogens is 344 g/mol. The summed E-state index contributed by atoms with van der Waals surface area (Å²) in [6.45, 7) is 11.1. The molecule has 0 aromatic carbocycles. The van der Waals surface area contributed by atoms with Crippen LogP contribution in [0.25, 0.3) is 0 Å². The van der Waals surface area contributed by atoms with Crippen molar-refractivity contribution in [2.45, 2.75) is 46.6 Å². The SMILES string of the molecule is C=C/C=C/CC1=C(C)C(OC(=O)C2C(/C=C(\C)C(=O)OC)C2(C)C)CC1=O. The minimum Gasteiger partial charge on any atom is -0.466 e. The standard InChI is InChI=1S/C22H28O5/c1-7-8-9-10-15-14(3)18(12-17(15)23)27-21(25)19-16(22(19,4)5)11-13(2)20(24)26-6/h7-9,11,16,18-19H,1,10,12H2,2-6H3/b9-8+,13-11+. The first-order chi connectivity index (χ1) is 12.6. The summed E-state index contributed by atoms with van der Waals surface area (Å²) in [6.07, 6.45) is 7.32. The smallest absolute Gasteiger partial charge is 0.333 e. The van der Waals surface area contributed by atoms with Gasteiger partial charge in [0.15, 0.2) is 5.78 Å². The van der Waals surface area contributed by atoms with E-state index in [1.807, 2.05) is 26.8 Å². The van der Waals surface area contributed by atoms with E-state index in [4.69, 9.17) is 9.47 Å². The van der Waals surface area contributed by atoms with Crippen LogP contribution in [0.5, 0.6) is 0 Å². The normalized spacial score (nSPS) is 27.1. The summed E-state index contributed by atoms with van der Waals surface area (Å²) >= 11 is 0. The minimum absolute atomic E-state index is 0.0204. The molecule has 0 saturated heterocycles. The zero-order valence-electron chi connectivity index (χ0n) is 16.7. The van der Waals surface area contributed by atoms with Crippen molar-refractivity contribution in [2.24, 2.45) is 17.3 Å². The largest absolute Gasteiger partial charge is 0.466 e. The fourth-order valence-electron chi connectivity index (χ4n) is 3.70. The highest BCUT2D eigenvalue weighted by molar-refractivity contribution is 6.00. The number of esters is 2. The van der Waals surface area contributed by atoms with Crippen LogP contribution in [0.4, 0.5) is 0 Å². The molecule has 5 heteroatoms. The Morgan fingerprint density at radius 2 is 2.00 bits per heavy atom. The molecule has 0 spiro atoms. The van der Waals surface area contributed by atoms with Gasteiger partial charge in [0.25, 0.3) is 0 Å². The van der Waals surface area contributed by atoms with E-state index in [1.165, 1.54) is 7.11 Å². The summed E-state index contributed by atoms with van der Waals surface area (Å²) < 4.78 is 10.4. The summed E-state index contributed by atoms with van der Waals surface area (Å²) in [4.78, 5) is 36.5. The molecule has 3 unspecified atom stereocenters. The van der Waals surface area contributed by atoms with Crippen molar-refractivity contribution < 1.29 is 23.9 Å². The maximum absolute atomic E-state index is 12.7. The molecule has 2 rings (SSSR count). The first-order valence-corrected chi connectivity index (χ1v) is 9.12. The van der Waals surface area contributed by atoms with Crippen molar-refractivity contribution in [1.82, 2.24) is 0 Å². The van der Waals surface area contributed by atoms with Crippen LogP contribution in [-0.2, 0) is 23.9 Å². The Morgan fingerprint density at radius 1 is 1.33 bits per heavy atom. The Labute approximate surface area is 160 Å². The molecule has 146 valence electrons. The van der Waals surface area contributed by atoms with E-state index < -0.39 is 12.1 Å². The number of allylic oxidation sites excluding steroid dienone is 5. The molecule has 0 bridgehead atoms. The second kappa shape index (κ2) is 8.07. The van der Waals surface area contributed by atoms with E-state index in [0.717, 1.165) is 5.57 Å². The highest BCUT2D eigenvalue weighted by atomic mass is 16.5. The molecule has 0 amide bonds. The maximum Gasteiger partial charge on any atom is 0.333 e. The van der Waals surface area contributed by atoms with Crippen molar-refractivity contribution in [3.8, 4) is 0 Å². The van der Waals surface area contributed by atoms with E-state index in [2.05, 4.69) is 6.58 Å². The molecule has 27 heavy (non-hydrogen) atoms. The van der Waals surface area contributed by atoms with E-state index in [-0.39, 0.29) is 35.4 Å². The van der Waals surface area contributed by atoms with Crippen LogP contribution in [0.15, 0.2) is 47.6 Å². The second-order valence-corrected chi connectivity index (χ2v) is 7.75. The molecule has 0 aliphatic heterocycles. The third-order valence-electron chi connectivity index (χ3n) is 5.62. The van der Waals surface area contributed by atoms with E-state index >= 15 is 0 Å². The summed E-state index contributed by atoms with van der Waals surface area (Å²) in [5, 5.41) is 0. The van der Waals surface area contributed by atoms with Gasteiger partial charge in [-0.15, -0.1) is 0 Å². The topological polar surface area (TPSA) is 69.7 Å². The van der Waals surface area contributed by atoms with Gasteiger partial charge < -0.3 is 9.47 Å². The molecule has 1 saturated carbocycles. The Balaban J connectivity index is 2.07. The van der Waals surface area contributed by atoms with Gasteiger partial charge in [0.05, 0.1) is 19.4 Å². The molecule has 0 aromatic heterocycles. The first-order valence-electron chi connectivity index (χ1n) is 9.12. The Hall–Kier alpha value is -2.43. The van der Waals surface area contributed by atoms with Crippen LogP contribution in [0.2, 0.25) is 0 Å². The lowest BCUT2D eigenvalue weighted by Gasteiger charge is -2.13. The zero-order chi connectivity index (χ0) is 20.4. The molecule has 2 aliphatic carbocycles. The summed E-state index contributed by atoms with van der Waals surface area (Å²) in [5.74, 6) is -1.11. The molecule has 2 aliphatic rings. The van der Waals surface area contributed by atoms with Crippen LogP contribution in [0.1, 0.15) is 40.5 Å². The molecule has 0 N–H and O–H groups in total. The van der Waals surface area contributed by atoms with Crippen LogP contribution in [0.3, 0.4) is 0 Å². The molecule has 3 atom stereocenters. The fourth-order valence-corrected chi connectivity index (χ4v) is 3.70. The third kappa shape index (κ3) is 4.29. The van der Waals surface area contributed by atoms with Gasteiger partial charge in [-0.05, 0) is 37.2 Å². The number of rotatable bonds is 7. The van der Waals surface area contributed by atoms with Crippen molar-refractivity contribution in [2.75, 3.05) is 7.11 Å². The molecule has 5 nitrogen and oxygen atoms in total. The monoisotopic (exact) mass is 372 g/mol. The van der Waals surface area contributed by atoms with Crippen LogP contribution >= 0.6 is 0 Å². The average molecular weight is 372 g/mol. The Bertz CT molecular complexity index is 751. The number of hydrogen-bond donors (Lipinski definition) is 0. The summed E-state index contributed by atoms with van der Waals surface area (Å²) in [7, 11) is 1.33. The van der Waals surface area contributed by atoms with Gasteiger partial charge in [-0.3, -0.25) is 9.59 Å². The Kier molecular flexibility index (Phi) is 6.24. The van der Waals surface area contributed by atoms with Gasteiger partial charge in [-0.1, -0.05) is 44.7 Å². The number of carbonyl (C=O) groups is 3. The van der Waals surface area contributed by atoms with Gasteiger partial charge in [0.1, 0.15) is 6.10 Å². The highest BCUT2D eigenvalue weighted by Gasteiger charge is 2.62. The van der Waals surface area contributed by atoms with Crippen molar-refractivity contribution in [3.63, 3.8) is 0 Å². The average Bonchev–Trinajstić information content (AvgIpc) is 3.05. The van der Waals surface area contributed by atoms with Gasteiger partial charge >= 0.3 is 11.9 Å². The molecular formula is C22H28O5. The lowest BCUT2D eigenvalue weighted by atomic mass is 10.1. The van der Waals surface area contributed by atoms with E-state index in [0.29, 0.717) is 17.6 Å². The second-order valence-electron chi connectivity index (χ2n) is 7.75. The number of ether oxygens (including phenoxy) is 2. The predicted molar refractivity (Wildman–Crippen MR) is 103 cm³/mol.